The van der Waals surface area contributed by atoms with Crippen LogP contribution < -0.4 is 0 Å². The van der Waals surface area contributed by atoms with Crippen LogP contribution in [0.3, 0.4) is 0 Å². The van der Waals surface area contributed by atoms with Crippen LogP contribution in [-0.4, -0.2) is 21.4 Å². The van der Waals surface area contributed by atoms with Crippen LogP contribution in [0.5, 0.6) is 0 Å². The van der Waals surface area contributed by atoms with Crippen molar-refractivity contribution in [2.24, 2.45) is 0 Å². The Labute approximate surface area is 93.1 Å². The van der Waals surface area contributed by atoms with Crippen molar-refractivity contribution < 1.29 is 14.0 Å². The maximum Gasteiger partial charge on any atom is 0.238 e. The molecule has 5 heteroatoms. The van der Waals surface area contributed by atoms with Crippen LogP contribution >= 0.6 is 0 Å². The van der Waals surface area contributed by atoms with E-state index in [4.69, 9.17) is 8.94 Å². The van der Waals surface area contributed by atoms with Crippen LogP contribution in [0, 0.1) is 6.92 Å². The zero-order chi connectivity index (χ0) is 11.7. The first kappa shape index (κ1) is 10.9. The van der Waals surface area contributed by atoms with Crippen molar-refractivity contribution in [1.82, 2.24) is 10.1 Å². The molecule has 2 rings (SSSR count). The van der Waals surface area contributed by atoms with Gasteiger partial charge in [0.05, 0.1) is 18.3 Å². The van der Waals surface area contributed by atoms with Gasteiger partial charge in [-0.3, -0.25) is 0 Å². The van der Waals surface area contributed by atoms with Crippen LogP contribution in [0.15, 0.2) is 21.3 Å². The van der Waals surface area contributed by atoms with E-state index in [-0.39, 0.29) is 5.92 Å². The molecule has 86 valence electrons. The van der Waals surface area contributed by atoms with Crippen molar-refractivity contribution in [3.05, 3.63) is 23.8 Å². The van der Waals surface area contributed by atoms with E-state index in [9.17, 15) is 5.11 Å². The van der Waals surface area contributed by atoms with Gasteiger partial charge in [0.15, 0.2) is 5.76 Å². The molecule has 0 saturated carbocycles. The number of aryl methyl sites for hydroxylation is 1. The molecule has 0 radical (unpaired) electrons. The maximum atomic E-state index is 9.42. The molecule has 0 aliphatic heterocycles. The highest BCUT2D eigenvalue weighted by Gasteiger charge is 2.21. The van der Waals surface area contributed by atoms with Crippen molar-refractivity contribution in [3.8, 4) is 11.6 Å². The van der Waals surface area contributed by atoms with Gasteiger partial charge in [0.2, 0.25) is 11.7 Å². The minimum atomic E-state index is -0.522. The van der Waals surface area contributed by atoms with Crippen LogP contribution in [-0.2, 0) is 0 Å². The minimum Gasteiger partial charge on any atom is -0.461 e. The van der Waals surface area contributed by atoms with Gasteiger partial charge in [-0.15, -0.1) is 0 Å². The van der Waals surface area contributed by atoms with Gasteiger partial charge in [0.1, 0.15) is 0 Å². The topological polar surface area (TPSA) is 72.3 Å². The Bertz CT molecular complexity index is 473. The van der Waals surface area contributed by atoms with Crippen molar-refractivity contribution in [1.29, 1.82) is 0 Å². The highest BCUT2D eigenvalue weighted by molar-refractivity contribution is 5.51. The number of aromatic nitrogens is 2. The lowest BCUT2D eigenvalue weighted by Gasteiger charge is -2.07. The first-order chi connectivity index (χ1) is 7.59. The Morgan fingerprint density at radius 3 is 2.69 bits per heavy atom. The molecule has 0 saturated heterocycles. The van der Waals surface area contributed by atoms with Gasteiger partial charge in [0.25, 0.3) is 0 Å². The summed E-state index contributed by atoms with van der Waals surface area (Å²) in [6, 6.07) is 1.84. The zero-order valence-electron chi connectivity index (χ0n) is 9.47. The second-order valence-corrected chi connectivity index (χ2v) is 3.92. The summed E-state index contributed by atoms with van der Waals surface area (Å²) >= 11 is 0. The fraction of sp³-hybridized carbons (Fsp3) is 0.455. The second kappa shape index (κ2) is 4.09. The van der Waals surface area contributed by atoms with E-state index >= 15 is 0 Å². The van der Waals surface area contributed by atoms with Crippen LogP contribution in [0.2, 0.25) is 0 Å². The molecule has 16 heavy (non-hydrogen) atoms. The zero-order valence-corrected chi connectivity index (χ0v) is 9.47. The summed E-state index contributed by atoms with van der Waals surface area (Å²) in [4.78, 5) is 4.20. The molecular weight excluding hydrogens is 208 g/mol. The largest absolute Gasteiger partial charge is 0.461 e. The summed E-state index contributed by atoms with van der Waals surface area (Å²) in [7, 11) is 0. The standard InChI is InChI=1S/C11H14N2O3/c1-6-4-5-15-9(6)10-12-11(16-13-10)7(2)8(3)14/h4-5,7-8,14H,1-3H3. The van der Waals surface area contributed by atoms with Gasteiger partial charge in [-0.25, -0.2) is 0 Å². The van der Waals surface area contributed by atoms with Gasteiger partial charge < -0.3 is 14.0 Å². The highest BCUT2D eigenvalue weighted by Crippen LogP contribution is 2.24. The number of aliphatic hydroxyl groups excluding tert-OH is 1. The Balaban J connectivity index is 2.30. The second-order valence-electron chi connectivity index (χ2n) is 3.92. The lowest BCUT2D eigenvalue weighted by molar-refractivity contribution is 0.151. The van der Waals surface area contributed by atoms with E-state index < -0.39 is 6.10 Å². The average molecular weight is 222 g/mol. The number of aliphatic hydroxyl groups is 1. The van der Waals surface area contributed by atoms with Crippen molar-refractivity contribution in [2.45, 2.75) is 32.8 Å². The molecule has 2 aromatic rings. The highest BCUT2D eigenvalue weighted by atomic mass is 16.5. The van der Waals surface area contributed by atoms with E-state index in [1.54, 1.807) is 13.2 Å². The number of rotatable bonds is 3. The SMILES string of the molecule is Cc1ccoc1-c1noc(C(C)C(C)O)n1. The first-order valence-electron chi connectivity index (χ1n) is 5.15. The quantitative estimate of drug-likeness (QED) is 0.861. The van der Waals surface area contributed by atoms with Crippen molar-refractivity contribution >= 4 is 0 Å². The summed E-state index contributed by atoms with van der Waals surface area (Å²) in [6.07, 6.45) is 1.06. The van der Waals surface area contributed by atoms with Gasteiger partial charge in [-0.1, -0.05) is 12.1 Å². The summed E-state index contributed by atoms with van der Waals surface area (Å²) in [5.41, 5.74) is 0.956. The normalized spacial score (nSPS) is 15.0. The van der Waals surface area contributed by atoms with E-state index in [0.29, 0.717) is 17.5 Å². The van der Waals surface area contributed by atoms with Gasteiger partial charge >= 0.3 is 0 Å². The Morgan fingerprint density at radius 2 is 2.12 bits per heavy atom. The summed E-state index contributed by atoms with van der Waals surface area (Å²) in [5.74, 6) is 1.26. The van der Waals surface area contributed by atoms with Gasteiger partial charge in [0, 0.05) is 0 Å². The lowest BCUT2D eigenvalue weighted by Crippen LogP contribution is -2.11. The molecule has 2 atom stereocenters. The molecule has 0 aromatic carbocycles. The fourth-order valence-corrected chi connectivity index (χ4v) is 1.32. The predicted octanol–water partition coefficient (Wildman–Crippen LogP) is 2.12. The molecule has 0 fully saturated rings. The Kier molecular flexibility index (Phi) is 2.78. The molecule has 2 heterocycles. The van der Waals surface area contributed by atoms with Crippen LogP contribution in [0.25, 0.3) is 11.6 Å². The molecule has 0 aliphatic rings. The third-order valence-corrected chi connectivity index (χ3v) is 2.62. The maximum absolute atomic E-state index is 9.42. The van der Waals surface area contributed by atoms with E-state index in [1.165, 1.54) is 0 Å². The third-order valence-electron chi connectivity index (χ3n) is 2.62. The third kappa shape index (κ3) is 1.86. The van der Waals surface area contributed by atoms with E-state index in [2.05, 4.69) is 10.1 Å². The lowest BCUT2D eigenvalue weighted by atomic mass is 10.1. The average Bonchev–Trinajstić information content (AvgIpc) is 2.84. The number of hydrogen-bond acceptors (Lipinski definition) is 5. The number of hydrogen-bond donors (Lipinski definition) is 1. The smallest absolute Gasteiger partial charge is 0.238 e. The van der Waals surface area contributed by atoms with Crippen LogP contribution in [0.1, 0.15) is 31.2 Å². The fourth-order valence-electron chi connectivity index (χ4n) is 1.32. The molecular formula is C11H14N2O3. The Hall–Kier alpha value is -1.62. The minimum absolute atomic E-state index is 0.184. The van der Waals surface area contributed by atoms with E-state index in [1.807, 2.05) is 19.9 Å². The van der Waals surface area contributed by atoms with Gasteiger partial charge in [-0.2, -0.15) is 4.98 Å². The Morgan fingerprint density at radius 1 is 1.38 bits per heavy atom. The number of furan rings is 1. The van der Waals surface area contributed by atoms with Gasteiger partial charge in [-0.05, 0) is 25.5 Å². The molecule has 0 spiro atoms. The molecule has 1 N–H and O–H groups in total. The van der Waals surface area contributed by atoms with Crippen molar-refractivity contribution in [2.75, 3.05) is 0 Å². The van der Waals surface area contributed by atoms with E-state index in [0.717, 1.165) is 5.56 Å². The molecule has 2 aromatic heterocycles. The molecule has 2 unspecified atom stereocenters. The molecule has 5 nitrogen and oxygen atoms in total. The predicted molar refractivity (Wildman–Crippen MR) is 56.8 cm³/mol. The first-order valence-corrected chi connectivity index (χ1v) is 5.15. The monoisotopic (exact) mass is 222 g/mol. The summed E-state index contributed by atoms with van der Waals surface area (Å²) < 4.78 is 10.3. The molecule has 0 bridgehead atoms. The summed E-state index contributed by atoms with van der Waals surface area (Å²) in [6.45, 7) is 5.43. The van der Waals surface area contributed by atoms with Crippen molar-refractivity contribution in [3.63, 3.8) is 0 Å². The number of nitrogens with zero attached hydrogens (tertiary/aromatic N) is 2. The summed E-state index contributed by atoms with van der Waals surface area (Å²) in [5, 5.41) is 13.2. The molecule has 0 aliphatic carbocycles. The molecule has 0 amide bonds. The van der Waals surface area contributed by atoms with Crippen LogP contribution in [0.4, 0.5) is 0 Å².